The Labute approximate surface area is 155 Å². The van der Waals surface area contributed by atoms with E-state index in [2.05, 4.69) is 10.3 Å². The number of ether oxygens (including phenoxy) is 1. The van der Waals surface area contributed by atoms with Crippen LogP contribution in [0, 0.1) is 5.82 Å². The van der Waals surface area contributed by atoms with Crippen LogP contribution in [0.15, 0.2) is 41.3 Å². The van der Waals surface area contributed by atoms with Crippen molar-refractivity contribution in [3.05, 3.63) is 63.8 Å². The predicted octanol–water partition coefficient (Wildman–Crippen LogP) is 3.56. The third-order valence-electron chi connectivity index (χ3n) is 4.33. The van der Waals surface area contributed by atoms with Gasteiger partial charge in [-0.25, -0.2) is 9.18 Å². The van der Waals surface area contributed by atoms with Crippen molar-refractivity contribution in [1.29, 1.82) is 0 Å². The van der Waals surface area contributed by atoms with Crippen molar-refractivity contribution in [3.8, 4) is 0 Å². The summed E-state index contributed by atoms with van der Waals surface area (Å²) in [5.74, 6) is -0.976. The van der Waals surface area contributed by atoms with Gasteiger partial charge in [-0.3, -0.25) is 14.3 Å². The van der Waals surface area contributed by atoms with Gasteiger partial charge in [0.1, 0.15) is 17.2 Å². The number of nitrogens with one attached hydrogen (secondary N) is 1. The number of carbonyl (C=O) groups is 1. The lowest BCUT2D eigenvalue weighted by Gasteiger charge is -2.17. The molecule has 1 aromatic carbocycles. The van der Waals surface area contributed by atoms with Crippen LogP contribution >= 0.6 is 0 Å². The van der Waals surface area contributed by atoms with Crippen LogP contribution in [0.25, 0.3) is 10.9 Å². The van der Waals surface area contributed by atoms with Gasteiger partial charge in [0.2, 0.25) is 0 Å². The summed E-state index contributed by atoms with van der Waals surface area (Å²) in [6, 6.07) is 8.00. The number of halogens is 1. The minimum atomic E-state index is -0.634. The SMILES string of the molecule is CCOC(=O)c1c(Nc2ccc(CC)cc2F)n(C)c(=O)c2cccnc12. The molecule has 2 aromatic heterocycles. The molecule has 0 amide bonds. The summed E-state index contributed by atoms with van der Waals surface area (Å²) in [6.07, 6.45) is 2.19. The van der Waals surface area contributed by atoms with Crippen LogP contribution in [0.4, 0.5) is 15.9 Å². The van der Waals surface area contributed by atoms with Gasteiger partial charge in [-0.1, -0.05) is 13.0 Å². The minimum absolute atomic E-state index is 0.0912. The Kier molecular flexibility index (Phi) is 5.21. The van der Waals surface area contributed by atoms with E-state index in [9.17, 15) is 14.0 Å². The molecule has 0 atom stereocenters. The van der Waals surface area contributed by atoms with Gasteiger partial charge < -0.3 is 10.1 Å². The molecule has 3 aromatic rings. The van der Waals surface area contributed by atoms with Gasteiger partial charge in [0.25, 0.3) is 5.56 Å². The van der Waals surface area contributed by atoms with Gasteiger partial charge in [0.15, 0.2) is 0 Å². The van der Waals surface area contributed by atoms with E-state index in [0.717, 1.165) is 5.56 Å². The zero-order valence-electron chi connectivity index (χ0n) is 15.4. The Morgan fingerprint density at radius 2 is 2.07 bits per heavy atom. The van der Waals surface area contributed by atoms with E-state index in [1.807, 2.05) is 6.92 Å². The number of nitrogens with zero attached hydrogens (tertiary/aromatic N) is 2. The maximum absolute atomic E-state index is 14.5. The number of aryl methyl sites for hydroxylation is 1. The number of esters is 1. The third-order valence-corrected chi connectivity index (χ3v) is 4.33. The van der Waals surface area contributed by atoms with Gasteiger partial charge in [-0.2, -0.15) is 0 Å². The van der Waals surface area contributed by atoms with Crippen LogP contribution in [0.1, 0.15) is 29.8 Å². The molecule has 0 saturated carbocycles. The highest BCUT2D eigenvalue weighted by Gasteiger charge is 2.23. The second kappa shape index (κ2) is 7.57. The molecule has 0 aliphatic heterocycles. The van der Waals surface area contributed by atoms with E-state index in [1.165, 1.54) is 23.9 Å². The number of hydrogen-bond donors (Lipinski definition) is 1. The maximum Gasteiger partial charge on any atom is 0.344 e. The summed E-state index contributed by atoms with van der Waals surface area (Å²) in [5.41, 5.74) is 0.959. The number of hydrogen-bond acceptors (Lipinski definition) is 5. The van der Waals surface area contributed by atoms with E-state index < -0.39 is 11.8 Å². The number of anilines is 2. The zero-order chi connectivity index (χ0) is 19.6. The van der Waals surface area contributed by atoms with Crippen LogP contribution in [0.3, 0.4) is 0 Å². The van der Waals surface area contributed by atoms with Gasteiger partial charge in [0, 0.05) is 13.2 Å². The molecule has 140 valence electrons. The first kappa shape index (κ1) is 18.6. The maximum atomic E-state index is 14.5. The summed E-state index contributed by atoms with van der Waals surface area (Å²) in [5, 5.41) is 3.17. The molecule has 0 aliphatic rings. The van der Waals surface area contributed by atoms with Crippen molar-refractivity contribution < 1.29 is 13.9 Å². The van der Waals surface area contributed by atoms with Crippen molar-refractivity contribution in [2.45, 2.75) is 20.3 Å². The Bertz CT molecular complexity index is 1080. The fraction of sp³-hybridized carbons (Fsp3) is 0.250. The largest absolute Gasteiger partial charge is 0.462 e. The molecule has 0 bridgehead atoms. The lowest BCUT2D eigenvalue weighted by molar-refractivity contribution is 0.0529. The first-order valence-corrected chi connectivity index (χ1v) is 8.68. The molecule has 0 unspecified atom stereocenters. The normalized spacial score (nSPS) is 10.8. The van der Waals surface area contributed by atoms with E-state index in [-0.39, 0.29) is 40.1 Å². The standard InChI is InChI=1S/C20H20FN3O3/c1-4-12-8-9-15(14(21)11-12)23-18-16(20(26)27-5-2)17-13(7-6-10-22-17)19(25)24(18)3/h6-11,23H,4-5H2,1-3H3. The lowest BCUT2D eigenvalue weighted by Crippen LogP contribution is -2.24. The number of fused-ring (bicyclic) bond motifs is 1. The van der Waals surface area contributed by atoms with Crippen LogP contribution in [-0.4, -0.2) is 22.1 Å². The number of benzene rings is 1. The highest BCUT2D eigenvalue weighted by molar-refractivity contribution is 6.07. The monoisotopic (exact) mass is 369 g/mol. The average Bonchev–Trinajstić information content (AvgIpc) is 2.67. The molecule has 0 spiro atoms. The minimum Gasteiger partial charge on any atom is -0.462 e. The smallest absolute Gasteiger partial charge is 0.344 e. The van der Waals surface area contributed by atoms with Gasteiger partial charge >= 0.3 is 5.97 Å². The van der Waals surface area contributed by atoms with Crippen LogP contribution in [0.5, 0.6) is 0 Å². The number of pyridine rings is 2. The first-order valence-electron chi connectivity index (χ1n) is 8.68. The molecule has 7 heteroatoms. The van der Waals surface area contributed by atoms with Crippen molar-refractivity contribution in [2.24, 2.45) is 7.05 Å². The van der Waals surface area contributed by atoms with Gasteiger partial charge in [-0.05, 0) is 43.2 Å². The highest BCUT2D eigenvalue weighted by Crippen LogP contribution is 2.27. The second-order valence-corrected chi connectivity index (χ2v) is 6.00. The van der Waals surface area contributed by atoms with E-state index >= 15 is 0 Å². The lowest BCUT2D eigenvalue weighted by atomic mass is 10.1. The quantitative estimate of drug-likeness (QED) is 0.696. The number of carbonyl (C=O) groups excluding carboxylic acids is 1. The molecular formula is C20H20FN3O3. The van der Waals surface area contributed by atoms with Crippen LogP contribution < -0.4 is 10.9 Å². The van der Waals surface area contributed by atoms with Crippen molar-refractivity contribution in [3.63, 3.8) is 0 Å². The molecule has 0 fully saturated rings. The molecular weight excluding hydrogens is 349 g/mol. The molecule has 0 radical (unpaired) electrons. The Hall–Kier alpha value is -3.22. The number of rotatable bonds is 5. The zero-order valence-corrected chi connectivity index (χ0v) is 15.4. The first-order chi connectivity index (χ1) is 13.0. The molecule has 3 rings (SSSR count). The van der Waals surface area contributed by atoms with E-state index in [4.69, 9.17) is 4.74 Å². The summed E-state index contributed by atoms with van der Waals surface area (Å²) >= 11 is 0. The Morgan fingerprint density at radius 1 is 1.30 bits per heavy atom. The molecule has 27 heavy (non-hydrogen) atoms. The Balaban J connectivity index is 2.25. The molecule has 0 saturated heterocycles. The van der Waals surface area contributed by atoms with Crippen molar-refractivity contribution in [2.75, 3.05) is 11.9 Å². The van der Waals surface area contributed by atoms with Crippen LogP contribution in [0.2, 0.25) is 0 Å². The fourth-order valence-electron chi connectivity index (χ4n) is 2.89. The summed E-state index contributed by atoms with van der Waals surface area (Å²) < 4.78 is 20.9. The van der Waals surface area contributed by atoms with Gasteiger partial charge in [-0.15, -0.1) is 0 Å². The topological polar surface area (TPSA) is 73.2 Å². The number of aromatic nitrogens is 2. The molecule has 6 nitrogen and oxygen atoms in total. The fourth-order valence-corrected chi connectivity index (χ4v) is 2.89. The van der Waals surface area contributed by atoms with Gasteiger partial charge in [0.05, 0.1) is 23.2 Å². The molecule has 0 aliphatic carbocycles. The summed E-state index contributed by atoms with van der Waals surface area (Å²) in [6.45, 7) is 3.78. The summed E-state index contributed by atoms with van der Waals surface area (Å²) in [4.78, 5) is 29.5. The van der Waals surface area contributed by atoms with Crippen molar-refractivity contribution in [1.82, 2.24) is 9.55 Å². The summed E-state index contributed by atoms with van der Waals surface area (Å²) in [7, 11) is 1.51. The average molecular weight is 369 g/mol. The second-order valence-electron chi connectivity index (χ2n) is 6.00. The van der Waals surface area contributed by atoms with E-state index in [0.29, 0.717) is 6.42 Å². The highest BCUT2D eigenvalue weighted by atomic mass is 19.1. The van der Waals surface area contributed by atoms with E-state index in [1.54, 1.807) is 31.2 Å². The predicted molar refractivity (Wildman–Crippen MR) is 102 cm³/mol. The van der Waals surface area contributed by atoms with Crippen LogP contribution in [-0.2, 0) is 18.2 Å². The molecule has 1 N–H and O–H groups in total. The Morgan fingerprint density at radius 3 is 2.74 bits per heavy atom. The van der Waals surface area contributed by atoms with Crippen molar-refractivity contribution >= 4 is 28.4 Å². The molecule has 2 heterocycles. The third kappa shape index (κ3) is 3.40.